The van der Waals surface area contributed by atoms with E-state index in [0.29, 0.717) is 51.4 Å². The molecule has 14 nitrogen and oxygen atoms in total. The van der Waals surface area contributed by atoms with Crippen molar-refractivity contribution in [3.8, 4) is 0 Å². The molecule has 0 bridgehead atoms. The molecule has 2 aliphatic heterocycles. The first kappa shape index (κ1) is 28.5. The fraction of sp³-hybridized carbons (Fsp3) is 0.682. The number of rotatable bonds is 6. The monoisotopic (exact) mass is 508 g/mol. The maximum atomic E-state index is 13.1. The number of amides is 5. The summed E-state index contributed by atoms with van der Waals surface area (Å²) in [6.07, 6.45) is 2.98. The molecule has 2 fully saturated rings. The fourth-order valence-electron chi connectivity index (χ4n) is 4.20. The number of hydrogen-bond donors (Lipinski definition) is 6. The number of hydrogen-bond acceptors (Lipinski definition) is 7. The van der Waals surface area contributed by atoms with E-state index < -0.39 is 47.7 Å². The Morgan fingerprint density at radius 2 is 1.81 bits per heavy atom. The largest absolute Gasteiger partial charge is 0.370 e. The molecule has 200 valence electrons. The summed E-state index contributed by atoms with van der Waals surface area (Å²) in [5, 5.41) is 10.0. The molecule has 8 N–H and O–H groups in total. The van der Waals surface area contributed by atoms with Crippen LogP contribution in [0.15, 0.2) is 4.99 Å². The maximum Gasteiger partial charge on any atom is 0.289 e. The fourth-order valence-corrected chi connectivity index (χ4v) is 4.20. The minimum absolute atomic E-state index is 0.112. The second kappa shape index (κ2) is 14.6. The van der Waals surface area contributed by atoms with Gasteiger partial charge < -0.3 is 37.6 Å². The summed E-state index contributed by atoms with van der Waals surface area (Å²) in [5.74, 6) is -3.36. The normalized spacial score (nSPS) is 24.9. The van der Waals surface area contributed by atoms with E-state index in [0.717, 1.165) is 0 Å². The van der Waals surface area contributed by atoms with Gasteiger partial charge in [-0.3, -0.25) is 33.8 Å². The molecule has 0 aromatic rings. The number of carbonyl (C=O) groups is 6. The van der Waals surface area contributed by atoms with Crippen LogP contribution in [0.25, 0.3) is 0 Å². The molecule has 2 heterocycles. The number of fused-ring (bicyclic) bond motifs is 1. The molecule has 0 aliphatic carbocycles. The number of nitrogens with zero attached hydrogens (tertiary/aromatic N) is 2. The minimum atomic E-state index is -1.31. The van der Waals surface area contributed by atoms with E-state index in [1.807, 2.05) is 0 Å². The molecular formula is C22H36N8O6. The maximum absolute atomic E-state index is 13.1. The van der Waals surface area contributed by atoms with Crippen LogP contribution in [-0.2, 0) is 28.8 Å². The van der Waals surface area contributed by atoms with Crippen molar-refractivity contribution in [3.05, 3.63) is 0 Å². The van der Waals surface area contributed by atoms with Crippen molar-refractivity contribution in [3.63, 3.8) is 0 Å². The van der Waals surface area contributed by atoms with Gasteiger partial charge in [-0.1, -0.05) is 12.8 Å². The van der Waals surface area contributed by atoms with Gasteiger partial charge in [-0.15, -0.1) is 0 Å². The van der Waals surface area contributed by atoms with E-state index in [1.54, 1.807) is 0 Å². The van der Waals surface area contributed by atoms with E-state index >= 15 is 0 Å². The lowest BCUT2D eigenvalue weighted by Gasteiger charge is -2.29. The van der Waals surface area contributed by atoms with Crippen LogP contribution in [0.3, 0.4) is 0 Å². The van der Waals surface area contributed by atoms with Crippen molar-refractivity contribution in [2.75, 3.05) is 19.6 Å². The molecule has 5 amide bonds. The second-order valence-corrected chi connectivity index (χ2v) is 8.77. The molecule has 0 saturated carbocycles. The van der Waals surface area contributed by atoms with E-state index in [-0.39, 0.29) is 38.4 Å². The van der Waals surface area contributed by atoms with Crippen molar-refractivity contribution < 1.29 is 28.8 Å². The lowest BCUT2D eigenvalue weighted by molar-refractivity contribution is -0.144. The van der Waals surface area contributed by atoms with Crippen LogP contribution < -0.4 is 32.7 Å². The van der Waals surface area contributed by atoms with Gasteiger partial charge in [-0.05, 0) is 38.5 Å². The quantitative estimate of drug-likeness (QED) is 0.0730. The van der Waals surface area contributed by atoms with Crippen molar-refractivity contribution >= 4 is 41.8 Å². The molecule has 0 radical (unpaired) electrons. The number of carbonyl (C=O) groups excluding carboxylic acids is 6. The van der Waals surface area contributed by atoms with Crippen molar-refractivity contribution in [2.24, 2.45) is 16.5 Å². The Labute approximate surface area is 209 Å². The predicted octanol–water partition coefficient (Wildman–Crippen LogP) is -2.65. The first-order valence-corrected chi connectivity index (χ1v) is 12.2. The van der Waals surface area contributed by atoms with E-state index in [2.05, 4.69) is 26.3 Å². The van der Waals surface area contributed by atoms with Crippen LogP contribution in [0, 0.1) is 0 Å². The zero-order valence-electron chi connectivity index (χ0n) is 20.3. The van der Waals surface area contributed by atoms with Gasteiger partial charge in [0.15, 0.2) is 12.1 Å². The highest BCUT2D eigenvalue weighted by molar-refractivity contribution is 6.38. The van der Waals surface area contributed by atoms with Gasteiger partial charge in [0.05, 0.1) is 6.04 Å². The summed E-state index contributed by atoms with van der Waals surface area (Å²) >= 11 is 0. The summed E-state index contributed by atoms with van der Waals surface area (Å²) in [5.41, 5.74) is 10.6. The average molecular weight is 509 g/mol. The van der Waals surface area contributed by atoms with Crippen LogP contribution in [0.4, 0.5) is 0 Å². The molecule has 2 aliphatic rings. The van der Waals surface area contributed by atoms with Crippen molar-refractivity contribution in [1.82, 2.24) is 26.2 Å². The van der Waals surface area contributed by atoms with Crippen LogP contribution in [0.2, 0.25) is 0 Å². The number of Topliss-reactive ketones (excluding diaryl/α,β-unsaturated/α-hetero) is 1. The molecule has 0 spiro atoms. The Hall–Kier alpha value is -3.71. The average Bonchev–Trinajstić information content (AvgIpc) is 3.33. The molecule has 1 unspecified atom stereocenters. The zero-order valence-corrected chi connectivity index (χ0v) is 20.3. The molecule has 14 heteroatoms. The number of ketones is 1. The zero-order chi connectivity index (χ0) is 26.5. The van der Waals surface area contributed by atoms with Gasteiger partial charge in [0.1, 0.15) is 6.04 Å². The van der Waals surface area contributed by atoms with Crippen molar-refractivity contribution in [1.29, 1.82) is 0 Å². The Morgan fingerprint density at radius 3 is 2.53 bits per heavy atom. The third kappa shape index (κ3) is 8.82. The molecule has 3 atom stereocenters. The molecule has 0 aromatic heterocycles. The number of aliphatic imine (C=N–C) groups is 1. The van der Waals surface area contributed by atoms with Gasteiger partial charge in [0.25, 0.3) is 11.8 Å². The highest BCUT2D eigenvalue weighted by Crippen LogP contribution is 2.19. The Balaban J connectivity index is 2.23. The van der Waals surface area contributed by atoms with Crippen molar-refractivity contribution in [2.45, 2.75) is 76.0 Å². The van der Waals surface area contributed by atoms with Gasteiger partial charge in [-0.2, -0.15) is 0 Å². The predicted molar refractivity (Wildman–Crippen MR) is 129 cm³/mol. The first-order valence-electron chi connectivity index (χ1n) is 12.2. The minimum Gasteiger partial charge on any atom is -0.370 e. The number of guanidine groups is 1. The van der Waals surface area contributed by atoms with Gasteiger partial charge in [0.2, 0.25) is 24.0 Å². The third-order valence-electron chi connectivity index (χ3n) is 6.04. The standard InChI is InChI=1S/C22H36N8O6/c23-22(24)26-11-5-7-14-17(33)20(35)25-10-4-2-1-3-9-16(32)29-18(27-13-31)21(36)30-12-6-8-15(30)19(34)28-14/h13-15,18H,1-12H2,(H,25,35)(H,27,31)(H,28,34)(H,29,32)(H4,23,24,26)/t14-,15?,18-/m0/s1. The van der Waals surface area contributed by atoms with E-state index in [1.165, 1.54) is 4.90 Å². The summed E-state index contributed by atoms with van der Waals surface area (Å²) in [4.78, 5) is 80.1. The van der Waals surface area contributed by atoms with Crippen LogP contribution in [-0.4, -0.2) is 84.6 Å². The summed E-state index contributed by atoms with van der Waals surface area (Å²) in [6, 6.07) is -2.06. The van der Waals surface area contributed by atoms with Gasteiger partial charge in [0, 0.05) is 26.1 Å². The number of nitrogens with one attached hydrogen (secondary N) is 4. The first-order chi connectivity index (χ1) is 17.2. The van der Waals surface area contributed by atoms with Crippen LogP contribution in [0.1, 0.15) is 57.8 Å². The van der Waals surface area contributed by atoms with Crippen LogP contribution in [0.5, 0.6) is 0 Å². The summed E-state index contributed by atoms with van der Waals surface area (Å²) < 4.78 is 0. The topological polar surface area (TPSA) is 218 Å². The third-order valence-corrected chi connectivity index (χ3v) is 6.04. The van der Waals surface area contributed by atoms with Crippen LogP contribution >= 0.6 is 0 Å². The number of nitrogens with two attached hydrogens (primary N) is 2. The Bertz CT molecular complexity index is 859. The Kier molecular flexibility index (Phi) is 11.6. The highest BCUT2D eigenvalue weighted by atomic mass is 16.2. The van der Waals surface area contributed by atoms with Gasteiger partial charge >= 0.3 is 0 Å². The molecule has 2 rings (SSSR count). The molecule has 0 aromatic carbocycles. The Morgan fingerprint density at radius 1 is 1.06 bits per heavy atom. The lowest BCUT2D eigenvalue weighted by atomic mass is 10.0. The molecule has 36 heavy (non-hydrogen) atoms. The van der Waals surface area contributed by atoms with E-state index in [4.69, 9.17) is 11.5 Å². The lowest BCUT2D eigenvalue weighted by Crippen LogP contribution is -2.59. The van der Waals surface area contributed by atoms with Gasteiger partial charge in [-0.25, -0.2) is 0 Å². The summed E-state index contributed by atoms with van der Waals surface area (Å²) in [6.45, 7) is 0.714. The van der Waals surface area contributed by atoms with E-state index in [9.17, 15) is 28.8 Å². The molecular weight excluding hydrogens is 472 g/mol. The smallest absolute Gasteiger partial charge is 0.289 e. The summed E-state index contributed by atoms with van der Waals surface area (Å²) in [7, 11) is 0. The SMILES string of the molecule is NC(N)=NCCC[C@@H]1NC(=O)C2CCCN2C(=O)[C@@H](NC=O)NC(=O)CCCCCCNC(=O)C1=O. The second-order valence-electron chi connectivity index (χ2n) is 8.77. The molecule has 2 saturated heterocycles. The highest BCUT2D eigenvalue weighted by Gasteiger charge is 2.39.